The summed E-state index contributed by atoms with van der Waals surface area (Å²) in [6, 6.07) is 5.23. The van der Waals surface area contributed by atoms with E-state index in [1.165, 1.54) is 18.2 Å². The van der Waals surface area contributed by atoms with E-state index in [0.29, 0.717) is 42.7 Å². The molecular weight excluding hydrogens is 337 g/mol. The van der Waals surface area contributed by atoms with Crippen molar-refractivity contribution in [3.8, 4) is 0 Å². The van der Waals surface area contributed by atoms with E-state index in [2.05, 4.69) is 20.3 Å². The molecule has 1 aliphatic heterocycles. The molecular formula is C18H18FN5O2. The molecule has 0 unspecified atom stereocenters. The summed E-state index contributed by atoms with van der Waals surface area (Å²) in [4.78, 5) is 36.8. The molecule has 8 heteroatoms. The number of carbonyl (C=O) groups excluding carboxylic acids is 1. The van der Waals surface area contributed by atoms with Crippen molar-refractivity contribution >= 4 is 16.8 Å². The summed E-state index contributed by atoms with van der Waals surface area (Å²) >= 11 is 0. The molecule has 0 saturated carbocycles. The van der Waals surface area contributed by atoms with E-state index in [1.807, 2.05) is 4.90 Å². The molecule has 134 valence electrons. The molecule has 7 nitrogen and oxygen atoms in total. The largest absolute Gasteiger partial charge is 0.357 e. The van der Waals surface area contributed by atoms with Crippen molar-refractivity contribution < 1.29 is 9.18 Å². The fraction of sp³-hybridized carbons (Fsp3) is 0.278. The fourth-order valence-corrected chi connectivity index (χ4v) is 3.36. The number of hydrogen-bond donors (Lipinski definition) is 3. The third-order valence-corrected chi connectivity index (χ3v) is 4.63. The highest BCUT2D eigenvalue weighted by Gasteiger charge is 2.30. The van der Waals surface area contributed by atoms with Gasteiger partial charge < -0.3 is 15.3 Å². The van der Waals surface area contributed by atoms with Gasteiger partial charge in [-0.2, -0.15) is 0 Å². The Morgan fingerprint density at radius 1 is 1.23 bits per heavy atom. The summed E-state index contributed by atoms with van der Waals surface area (Å²) in [7, 11) is 0. The summed E-state index contributed by atoms with van der Waals surface area (Å²) in [6.45, 7) is 1.66. The van der Waals surface area contributed by atoms with Crippen molar-refractivity contribution in [2.24, 2.45) is 0 Å². The number of hydrogen-bond acceptors (Lipinski definition) is 4. The number of carbonyl (C=O) groups is 1. The minimum atomic E-state index is -0.442. The van der Waals surface area contributed by atoms with Crippen molar-refractivity contribution in [2.75, 3.05) is 13.1 Å². The fourth-order valence-electron chi connectivity index (χ4n) is 3.36. The van der Waals surface area contributed by atoms with Gasteiger partial charge in [-0.25, -0.2) is 9.37 Å². The molecule has 3 aromatic rings. The van der Waals surface area contributed by atoms with Crippen LogP contribution in [0.3, 0.4) is 0 Å². The molecule has 1 aliphatic rings. The smallest absolute Gasteiger partial charge is 0.237 e. The summed E-state index contributed by atoms with van der Waals surface area (Å²) in [5, 5.41) is 3.20. The quantitative estimate of drug-likeness (QED) is 0.649. The van der Waals surface area contributed by atoms with E-state index >= 15 is 0 Å². The summed E-state index contributed by atoms with van der Waals surface area (Å²) in [6.07, 6.45) is 3.79. The van der Waals surface area contributed by atoms with Crippen molar-refractivity contribution in [3.63, 3.8) is 0 Å². The number of rotatable bonds is 4. The molecule has 2 aromatic heterocycles. The zero-order chi connectivity index (χ0) is 18.1. The lowest BCUT2D eigenvalue weighted by Crippen LogP contribution is -2.55. The maximum atomic E-state index is 13.4. The van der Waals surface area contributed by atoms with Crippen LogP contribution in [-0.4, -0.2) is 44.9 Å². The number of amides is 1. The zero-order valence-electron chi connectivity index (χ0n) is 14.0. The van der Waals surface area contributed by atoms with Gasteiger partial charge in [0, 0.05) is 60.6 Å². The highest BCUT2D eigenvalue weighted by Crippen LogP contribution is 2.15. The van der Waals surface area contributed by atoms with Gasteiger partial charge in [0.15, 0.2) is 5.43 Å². The lowest BCUT2D eigenvalue weighted by molar-refractivity contribution is -0.129. The average molecular weight is 355 g/mol. The number of aromatic amines is 2. The molecule has 0 radical (unpaired) electrons. The number of aromatic nitrogens is 3. The Balaban J connectivity index is 1.61. The molecule has 1 fully saturated rings. The maximum absolute atomic E-state index is 13.4. The third-order valence-electron chi connectivity index (χ3n) is 4.63. The molecule has 0 aliphatic carbocycles. The van der Waals surface area contributed by atoms with Crippen LogP contribution in [0.4, 0.5) is 4.39 Å². The van der Waals surface area contributed by atoms with E-state index < -0.39 is 5.82 Å². The second kappa shape index (κ2) is 6.72. The van der Waals surface area contributed by atoms with Crippen LogP contribution in [0.15, 0.2) is 41.6 Å². The van der Waals surface area contributed by atoms with Gasteiger partial charge in [-0.1, -0.05) is 0 Å². The van der Waals surface area contributed by atoms with Crippen molar-refractivity contribution in [1.29, 1.82) is 0 Å². The van der Waals surface area contributed by atoms with Crippen LogP contribution in [0.2, 0.25) is 0 Å². The molecule has 0 bridgehead atoms. The number of fused-ring (bicyclic) bond motifs is 1. The first-order valence-corrected chi connectivity index (χ1v) is 8.40. The van der Waals surface area contributed by atoms with Crippen LogP contribution >= 0.6 is 0 Å². The maximum Gasteiger partial charge on any atom is 0.237 e. The number of nitrogens with one attached hydrogen (secondary N) is 3. The molecule has 1 saturated heterocycles. The Bertz CT molecular complexity index is 998. The van der Waals surface area contributed by atoms with Crippen LogP contribution < -0.4 is 10.7 Å². The Hall–Kier alpha value is -3.00. The lowest BCUT2D eigenvalue weighted by Gasteiger charge is -2.34. The number of H-pyrrole nitrogens is 2. The Morgan fingerprint density at radius 2 is 2.12 bits per heavy atom. The number of halogens is 1. The van der Waals surface area contributed by atoms with E-state index in [0.717, 1.165) is 5.69 Å². The lowest BCUT2D eigenvalue weighted by atomic mass is 10.1. The Morgan fingerprint density at radius 3 is 2.92 bits per heavy atom. The molecule has 1 atom stereocenters. The van der Waals surface area contributed by atoms with Gasteiger partial charge in [0.2, 0.25) is 5.91 Å². The Labute approximate surface area is 148 Å². The minimum Gasteiger partial charge on any atom is -0.357 e. The second-order valence-electron chi connectivity index (χ2n) is 6.41. The van der Waals surface area contributed by atoms with Crippen molar-refractivity contribution in [2.45, 2.75) is 19.0 Å². The molecule has 3 N–H and O–H groups in total. The standard InChI is InChI=1S/C18H18FN5O2/c19-11-1-2-15-14(5-11)17(25)7-13(23-15)9-24-4-3-21-18(26)16(24)6-12-8-20-10-22-12/h1-2,5,7-8,10,16H,3-4,6,9H2,(H,20,22)(H,21,26)(H,23,25)/t16-/m1/s1. The Kier molecular flexibility index (Phi) is 4.26. The normalized spacial score (nSPS) is 18.2. The van der Waals surface area contributed by atoms with Gasteiger partial charge in [0.25, 0.3) is 0 Å². The summed E-state index contributed by atoms with van der Waals surface area (Å²) < 4.78 is 13.4. The first-order valence-electron chi connectivity index (χ1n) is 8.40. The number of nitrogens with zero attached hydrogens (tertiary/aromatic N) is 2. The van der Waals surface area contributed by atoms with E-state index in [-0.39, 0.29) is 17.4 Å². The van der Waals surface area contributed by atoms with Crippen LogP contribution in [-0.2, 0) is 17.8 Å². The van der Waals surface area contributed by atoms with Gasteiger partial charge in [0.1, 0.15) is 5.82 Å². The SMILES string of the molecule is O=C1NCCN(Cc2cc(=O)c3cc(F)ccc3[nH]2)[C@@H]1Cc1cnc[nH]1. The summed E-state index contributed by atoms with van der Waals surface area (Å²) in [5.41, 5.74) is 1.92. The van der Waals surface area contributed by atoms with Crippen LogP contribution in [0, 0.1) is 5.82 Å². The van der Waals surface area contributed by atoms with Crippen LogP contribution in [0.1, 0.15) is 11.4 Å². The zero-order valence-corrected chi connectivity index (χ0v) is 14.0. The highest BCUT2D eigenvalue weighted by atomic mass is 19.1. The monoisotopic (exact) mass is 355 g/mol. The second-order valence-corrected chi connectivity index (χ2v) is 6.41. The van der Waals surface area contributed by atoms with Gasteiger partial charge in [-0.05, 0) is 18.2 Å². The van der Waals surface area contributed by atoms with Gasteiger partial charge in [0.05, 0.1) is 12.4 Å². The molecule has 1 amide bonds. The van der Waals surface area contributed by atoms with Crippen LogP contribution in [0.5, 0.6) is 0 Å². The number of imidazole rings is 1. The van der Waals surface area contributed by atoms with Gasteiger partial charge >= 0.3 is 0 Å². The van der Waals surface area contributed by atoms with Gasteiger partial charge in [-0.3, -0.25) is 14.5 Å². The molecule has 3 heterocycles. The van der Waals surface area contributed by atoms with Crippen molar-refractivity contribution in [1.82, 2.24) is 25.2 Å². The van der Waals surface area contributed by atoms with Crippen LogP contribution in [0.25, 0.3) is 10.9 Å². The minimum absolute atomic E-state index is 0.0453. The third kappa shape index (κ3) is 3.23. The number of pyridine rings is 1. The predicted octanol–water partition coefficient (Wildman–Crippen LogP) is 0.933. The summed E-state index contributed by atoms with van der Waals surface area (Å²) in [5.74, 6) is -0.487. The first-order chi connectivity index (χ1) is 12.6. The topological polar surface area (TPSA) is 93.9 Å². The number of benzene rings is 1. The van der Waals surface area contributed by atoms with Gasteiger partial charge in [-0.15, -0.1) is 0 Å². The van der Waals surface area contributed by atoms with E-state index in [9.17, 15) is 14.0 Å². The van der Waals surface area contributed by atoms with E-state index in [1.54, 1.807) is 18.6 Å². The highest BCUT2D eigenvalue weighted by molar-refractivity contribution is 5.82. The molecule has 26 heavy (non-hydrogen) atoms. The number of piperazine rings is 1. The van der Waals surface area contributed by atoms with E-state index in [4.69, 9.17) is 0 Å². The first kappa shape index (κ1) is 16.5. The van der Waals surface area contributed by atoms with Crippen molar-refractivity contribution in [3.05, 3.63) is 64.2 Å². The average Bonchev–Trinajstić information content (AvgIpc) is 3.12. The molecule has 4 rings (SSSR count). The molecule has 0 spiro atoms. The predicted molar refractivity (Wildman–Crippen MR) is 94.0 cm³/mol. The molecule has 1 aromatic carbocycles.